The fraction of sp³-hybridized carbons (Fsp3) is 0.357. The van der Waals surface area contributed by atoms with Crippen LogP contribution in [0.1, 0.15) is 29.5 Å². The molecule has 1 amide bonds. The van der Waals surface area contributed by atoms with Gasteiger partial charge in [0.25, 0.3) is 5.91 Å². The van der Waals surface area contributed by atoms with Crippen LogP contribution in [0.5, 0.6) is 0 Å². The van der Waals surface area contributed by atoms with Gasteiger partial charge in [-0.2, -0.15) is 5.10 Å². The Morgan fingerprint density at radius 1 is 1.40 bits per heavy atom. The van der Waals surface area contributed by atoms with E-state index < -0.39 is 0 Å². The third-order valence-corrected chi connectivity index (χ3v) is 2.78. The van der Waals surface area contributed by atoms with E-state index in [0.29, 0.717) is 17.3 Å². The van der Waals surface area contributed by atoms with E-state index in [1.54, 1.807) is 17.8 Å². The molecule has 0 aliphatic carbocycles. The molecule has 2 aromatic heterocycles. The second-order valence-electron chi connectivity index (χ2n) is 4.58. The fourth-order valence-corrected chi connectivity index (χ4v) is 1.82. The highest BCUT2D eigenvalue weighted by molar-refractivity contribution is 6.02. The number of nitrogens with one attached hydrogen (secondary N) is 2. The molecule has 0 spiro atoms. The lowest BCUT2D eigenvalue weighted by Gasteiger charge is -2.07. The van der Waals surface area contributed by atoms with Gasteiger partial charge < -0.3 is 10.6 Å². The Labute approximate surface area is 118 Å². The molecule has 0 aromatic carbocycles. The van der Waals surface area contributed by atoms with Crippen molar-refractivity contribution in [1.29, 1.82) is 0 Å². The number of carbonyl (C=O) groups is 1. The van der Waals surface area contributed by atoms with Crippen molar-refractivity contribution < 1.29 is 4.79 Å². The first kappa shape index (κ1) is 14.0. The Morgan fingerprint density at radius 2 is 2.20 bits per heavy atom. The van der Waals surface area contributed by atoms with Crippen LogP contribution in [0.3, 0.4) is 0 Å². The molecule has 0 aliphatic heterocycles. The van der Waals surface area contributed by atoms with Crippen molar-refractivity contribution in [1.82, 2.24) is 14.8 Å². The molecule has 0 aliphatic rings. The largest absolute Gasteiger partial charge is 0.370 e. The van der Waals surface area contributed by atoms with Gasteiger partial charge in [0.1, 0.15) is 17.3 Å². The van der Waals surface area contributed by atoms with Crippen LogP contribution in [0, 0.1) is 6.92 Å². The Kier molecular flexibility index (Phi) is 4.34. The third-order valence-electron chi connectivity index (χ3n) is 2.78. The van der Waals surface area contributed by atoms with Crippen molar-refractivity contribution in [3.05, 3.63) is 35.7 Å². The van der Waals surface area contributed by atoms with Crippen molar-refractivity contribution in [2.24, 2.45) is 7.05 Å². The first-order valence-electron chi connectivity index (χ1n) is 6.63. The predicted molar refractivity (Wildman–Crippen MR) is 78.9 cm³/mol. The highest BCUT2D eigenvalue weighted by Crippen LogP contribution is 2.11. The molecule has 0 atom stereocenters. The maximum Gasteiger partial charge on any atom is 0.275 e. The van der Waals surface area contributed by atoms with E-state index in [0.717, 1.165) is 18.7 Å². The number of carbonyl (C=O) groups excluding carboxylic acids is 1. The first-order valence-corrected chi connectivity index (χ1v) is 6.63. The van der Waals surface area contributed by atoms with Gasteiger partial charge in [0.2, 0.25) is 0 Å². The Balaban J connectivity index is 2.10. The minimum absolute atomic E-state index is 0.242. The smallest absolute Gasteiger partial charge is 0.275 e. The molecule has 2 aromatic rings. The molecule has 6 heteroatoms. The summed E-state index contributed by atoms with van der Waals surface area (Å²) in [6.07, 6.45) is 1.01. The van der Waals surface area contributed by atoms with Crippen molar-refractivity contribution in [3.63, 3.8) is 0 Å². The second-order valence-corrected chi connectivity index (χ2v) is 4.58. The molecule has 20 heavy (non-hydrogen) atoms. The molecule has 0 saturated carbocycles. The lowest BCUT2D eigenvalue weighted by molar-refractivity contribution is 0.102. The van der Waals surface area contributed by atoms with Crippen LogP contribution in [0.15, 0.2) is 24.3 Å². The molecule has 6 nitrogen and oxygen atoms in total. The SMILES string of the molecule is CCCNc1cccc(C(=O)Nc2cc(C)nn2C)n1. The minimum Gasteiger partial charge on any atom is -0.370 e. The topological polar surface area (TPSA) is 71.8 Å². The Bertz CT molecular complexity index is 605. The lowest BCUT2D eigenvalue weighted by Crippen LogP contribution is -2.16. The molecule has 2 rings (SSSR count). The summed E-state index contributed by atoms with van der Waals surface area (Å²) in [7, 11) is 1.79. The van der Waals surface area contributed by atoms with E-state index in [-0.39, 0.29) is 5.91 Å². The van der Waals surface area contributed by atoms with Crippen LogP contribution < -0.4 is 10.6 Å². The molecular formula is C14H19N5O. The van der Waals surface area contributed by atoms with E-state index in [1.807, 2.05) is 25.1 Å². The normalized spacial score (nSPS) is 10.3. The monoisotopic (exact) mass is 273 g/mol. The number of hydrogen-bond acceptors (Lipinski definition) is 4. The summed E-state index contributed by atoms with van der Waals surface area (Å²) < 4.78 is 1.63. The molecule has 0 radical (unpaired) electrons. The Hall–Kier alpha value is -2.37. The third kappa shape index (κ3) is 3.34. The second kappa shape index (κ2) is 6.18. The summed E-state index contributed by atoms with van der Waals surface area (Å²) in [6, 6.07) is 7.17. The summed E-state index contributed by atoms with van der Waals surface area (Å²) in [5, 5.41) is 10.1. The van der Waals surface area contributed by atoms with Gasteiger partial charge in [-0.25, -0.2) is 4.98 Å². The molecule has 0 unspecified atom stereocenters. The van der Waals surface area contributed by atoms with Crippen molar-refractivity contribution in [2.75, 3.05) is 17.2 Å². The van der Waals surface area contributed by atoms with Gasteiger partial charge in [-0.3, -0.25) is 9.48 Å². The number of pyridine rings is 1. The van der Waals surface area contributed by atoms with Crippen molar-refractivity contribution in [3.8, 4) is 0 Å². The molecule has 2 heterocycles. The lowest BCUT2D eigenvalue weighted by atomic mass is 10.3. The maximum atomic E-state index is 12.2. The van der Waals surface area contributed by atoms with Gasteiger partial charge in [0, 0.05) is 19.7 Å². The van der Waals surface area contributed by atoms with Crippen LogP contribution in [0.25, 0.3) is 0 Å². The molecule has 106 valence electrons. The number of anilines is 2. The maximum absolute atomic E-state index is 12.2. The molecule has 0 bridgehead atoms. The van der Waals surface area contributed by atoms with Crippen molar-refractivity contribution >= 4 is 17.5 Å². The average Bonchev–Trinajstić information content (AvgIpc) is 2.75. The van der Waals surface area contributed by atoms with Gasteiger partial charge in [-0.15, -0.1) is 0 Å². The molecule has 0 fully saturated rings. The van der Waals surface area contributed by atoms with Gasteiger partial charge in [-0.1, -0.05) is 13.0 Å². The average molecular weight is 273 g/mol. The number of nitrogens with zero attached hydrogens (tertiary/aromatic N) is 3. The molecule has 0 saturated heterocycles. The van der Waals surface area contributed by atoms with Gasteiger partial charge in [0.05, 0.1) is 5.69 Å². The summed E-state index contributed by atoms with van der Waals surface area (Å²) >= 11 is 0. The summed E-state index contributed by atoms with van der Waals surface area (Å²) in [5.41, 5.74) is 1.24. The summed E-state index contributed by atoms with van der Waals surface area (Å²) in [6.45, 7) is 4.79. The van der Waals surface area contributed by atoms with Crippen molar-refractivity contribution in [2.45, 2.75) is 20.3 Å². The fourth-order valence-electron chi connectivity index (χ4n) is 1.82. The summed E-state index contributed by atoms with van der Waals surface area (Å²) in [4.78, 5) is 16.4. The van der Waals surface area contributed by atoms with E-state index in [4.69, 9.17) is 0 Å². The number of aromatic nitrogens is 3. The van der Waals surface area contributed by atoms with Crippen LogP contribution >= 0.6 is 0 Å². The summed E-state index contributed by atoms with van der Waals surface area (Å²) in [5.74, 6) is 1.12. The number of aryl methyl sites for hydroxylation is 2. The zero-order chi connectivity index (χ0) is 14.5. The molecule has 2 N–H and O–H groups in total. The van der Waals surface area contributed by atoms with E-state index in [2.05, 4.69) is 27.6 Å². The standard InChI is InChI=1S/C14H19N5O/c1-4-8-15-12-7-5-6-11(16-12)14(20)17-13-9-10(2)18-19(13)3/h5-7,9H,4,8H2,1-3H3,(H,15,16)(H,17,20). The Morgan fingerprint density at radius 3 is 2.85 bits per heavy atom. The van der Waals surface area contributed by atoms with Crippen LogP contribution in [-0.2, 0) is 7.05 Å². The van der Waals surface area contributed by atoms with Crippen LogP contribution in [0.2, 0.25) is 0 Å². The van der Waals surface area contributed by atoms with E-state index >= 15 is 0 Å². The van der Waals surface area contributed by atoms with Gasteiger partial charge in [-0.05, 0) is 25.5 Å². The van der Waals surface area contributed by atoms with Gasteiger partial charge >= 0.3 is 0 Å². The van der Waals surface area contributed by atoms with Crippen LogP contribution in [-0.4, -0.2) is 27.2 Å². The quantitative estimate of drug-likeness (QED) is 0.876. The van der Waals surface area contributed by atoms with E-state index in [9.17, 15) is 4.79 Å². The zero-order valence-electron chi connectivity index (χ0n) is 12.0. The molecular weight excluding hydrogens is 254 g/mol. The predicted octanol–water partition coefficient (Wildman–Crippen LogP) is 2.20. The van der Waals surface area contributed by atoms with Crippen LogP contribution in [0.4, 0.5) is 11.6 Å². The number of rotatable bonds is 5. The highest BCUT2D eigenvalue weighted by Gasteiger charge is 2.11. The van der Waals surface area contributed by atoms with E-state index in [1.165, 1.54) is 0 Å². The minimum atomic E-state index is -0.242. The zero-order valence-corrected chi connectivity index (χ0v) is 12.0. The highest BCUT2D eigenvalue weighted by atomic mass is 16.2. The number of amides is 1. The first-order chi connectivity index (χ1) is 9.60. The number of hydrogen-bond donors (Lipinski definition) is 2. The van der Waals surface area contributed by atoms with Gasteiger partial charge in [0.15, 0.2) is 0 Å².